The second-order valence-corrected chi connectivity index (χ2v) is 2.54. The molecule has 0 N–H and O–H groups in total. The zero-order chi connectivity index (χ0) is 9.26. The highest BCUT2D eigenvalue weighted by Crippen LogP contribution is 2.09. The first-order valence-corrected chi connectivity index (χ1v) is 3.64. The lowest BCUT2D eigenvalue weighted by Gasteiger charge is -1.94. The van der Waals surface area contributed by atoms with Crippen LogP contribution in [0, 0.1) is 5.82 Å². The van der Waals surface area contributed by atoms with Crippen LogP contribution < -0.4 is 0 Å². The van der Waals surface area contributed by atoms with Crippen LogP contribution in [0.2, 0.25) is 0 Å². The summed E-state index contributed by atoms with van der Waals surface area (Å²) in [5, 5.41) is 3.50. The van der Waals surface area contributed by atoms with E-state index in [2.05, 4.69) is 15.0 Å². The van der Waals surface area contributed by atoms with Gasteiger partial charge in [0.05, 0.1) is 18.3 Å². The predicted molar refractivity (Wildman–Crippen MR) is 41.4 cm³/mol. The quantitative estimate of drug-likeness (QED) is 0.602. The number of rotatable bonds is 1. The summed E-state index contributed by atoms with van der Waals surface area (Å²) in [6, 6.07) is 2.71. The summed E-state index contributed by atoms with van der Waals surface area (Å²) in [4.78, 5) is 18.8. The van der Waals surface area contributed by atoms with Crippen molar-refractivity contribution in [2.45, 2.75) is 6.42 Å². The van der Waals surface area contributed by atoms with Crippen molar-refractivity contribution in [1.29, 1.82) is 0 Å². The lowest BCUT2D eigenvalue weighted by molar-refractivity contribution is -0.140. The molecule has 0 aromatic carbocycles. The average Bonchev–Trinajstić information content (AvgIpc) is 2.53. The number of pyridine rings is 1. The van der Waals surface area contributed by atoms with Gasteiger partial charge in [-0.2, -0.15) is 0 Å². The number of aromatic nitrogens is 1. The Balaban J connectivity index is 2.27. The normalized spacial score (nSPS) is 15.5. The van der Waals surface area contributed by atoms with Crippen LogP contribution in [0.3, 0.4) is 0 Å². The Morgan fingerprint density at radius 2 is 2.31 bits per heavy atom. The molecule has 5 heteroatoms. The van der Waals surface area contributed by atoms with E-state index in [9.17, 15) is 9.18 Å². The van der Waals surface area contributed by atoms with E-state index in [1.165, 1.54) is 12.1 Å². The number of carbonyl (C=O) groups is 1. The number of hydrogen-bond acceptors (Lipinski definition) is 4. The number of hydrogen-bond donors (Lipinski definition) is 0. The van der Waals surface area contributed by atoms with Crippen LogP contribution in [0.25, 0.3) is 0 Å². The van der Waals surface area contributed by atoms with Crippen molar-refractivity contribution < 1.29 is 14.0 Å². The minimum Gasteiger partial charge on any atom is -0.317 e. The maximum absolute atomic E-state index is 12.4. The van der Waals surface area contributed by atoms with Gasteiger partial charge in [-0.3, -0.25) is 4.98 Å². The van der Waals surface area contributed by atoms with E-state index in [4.69, 9.17) is 0 Å². The van der Waals surface area contributed by atoms with Crippen LogP contribution >= 0.6 is 0 Å². The van der Waals surface area contributed by atoms with E-state index < -0.39 is 11.8 Å². The highest BCUT2D eigenvalue weighted by Gasteiger charge is 2.19. The molecule has 0 spiro atoms. The molecule has 1 aliphatic rings. The molecule has 4 nitrogen and oxygen atoms in total. The summed E-state index contributed by atoms with van der Waals surface area (Å²) >= 11 is 0. The van der Waals surface area contributed by atoms with Gasteiger partial charge < -0.3 is 4.84 Å². The number of nitrogens with zero attached hydrogens (tertiary/aromatic N) is 2. The number of carbonyl (C=O) groups excluding carboxylic acids is 1. The molecule has 0 unspecified atom stereocenters. The van der Waals surface area contributed by atoms with Crippen molar-refractivity contribution in [2.24, 2.45) is 5.16 Å². The lowest BCUT2D eigenvalue weighted by atomic mass is 10.2. The number of halogens is 1. The third-order valence-corrected chi connectivity index (χ3v) is 1.59. The Bertz CT molecular complexity index is 372. The molecule has 0 bridgehead atoms. The van der Waals surface area contributed by atoms with Crippen LogP contribution in [0.5, 0.6) is 0 Å². The van der Waals surface area contributed by atoms with Gasteiger partial charge in [0.1, 0.15) is 11.5 Å². The second kappa shape index (κ2) is 2.93. The molecule has 66 valence electrons. The highest BCUT2D eigenvalue weighted by molar-refractivity contribution is 6.10. The van der Waals surface area contributed by atoms with Gasteiger partial charge in [0.25, 0.3) is 0 Å². The van der Waals surface area contributed by atoms with Gasteiger partial charge in [-0.1, -0.05) is 5.16 Å². The van der Waals surface area contributed by atoms with Gasteiger partial charge >= 0.3 is 5.97 Å². The Kier molecular flexibility index (Phi) is 1.77. The van der Waals surface area contributed by atoms with Crippen molar-refractivity contribution in [1.82, 2.24) is 4.98 Å². The largest absolute Gasteiger partial charge is 0.341 e. The molecule has 0 amide bonds. The molecule has 0 saturated heterocycles. The Morgan fingerprint density at radius 1 is 1.46 bits per heavy atom. The maximum atomic E-state index is 12.4. The average molecular weight is 180 g/mol. The highest BCUT2D eigenvalue weighted by atomic mass is 19.1. The van der Waals surface area contributed by atoms with Crippen LogP contribution in [-0.2, 0) is 9.63 Å². The molecule has 1 aromatic heterocycles. The smallest absolute Gasteiger partial charge is 0.317 e. The Labute approximate surface area is 73.0 Å². The molecule has 0 atom stereocenters. The molecule has 0 fully saturated rings. The SMILES string of the molecule is O=C1CC(c2ccc(F)cn2)=NO1. The maximum Gasteiger partial charge on any atom is 0.341 e. The minimum absolute atomic E-state index is 0.0959. The van der Waals surface area contributed by atoms with Crippen molar-refractivity contribution in [2.75, 3.05) is 0 Å². The first-order valence-electron chi connectivity index (χ1n) is 3.64. The van der Waals surface area contributed by atoms with Gasteiger partial charge in [0, 0.05) is 0 Å². The third-order valence-electron chi connectivity index (χ3n) is 1.59. The van der Waals surface area contributed by atoms with E-state index in [0.717, 1.165) is 6.20 Å². The number of oxime groups is 1. The molecule has 1 aromatic rings. The molecule has 0 aliphatic carbocycles. The third kappa shape index (κ3) is 1.53. The lowest BCUT2D eigenvalue weighted by Crippen LogP contribution is -2.02. The first kappa shape index (κ1) is 7.85. The molecule has 0 radical (unpaired) electrons. The molecular weight excluding hydrogens is 175 g/mol. The minimum atomic E-state index is -0.422. The summed E-state index contributed by atoms with van der Waals surface area (Å²) in [6.07, 6.45) is 1.17. The van der Waals surface area contributed by atoms with Crippen LogP contribution in [0.1, 0.15) is 12.1 Å². The van der Waals surface area contributed by atoms with Crippen molar-refractivity contribution >= 4 is 11.7 Å². The van der Waals surface area contributed by atoms with E-state index in [0.29, 0.717) is 11.4 Å². The Hall–Kier alpha value is -1.78. The van der Waals surface area contributed by atoms with Gasteiger partial charge in [0.2, 0.25) is 0 Å². The van der Waals surface area contributed by atoms with Crippen molar-refractivity contribution in [3.05, 3.63) is 29.8 Å². The van der Waals surface area contributed by atoms with Crippen LogP contribution in [0.4, 0.5) is 4.39 Å². The standard InChI is InChI=1S/C8H5FN2O2/c9-5-1-2-6(10-4-5)7-3-8(12)13-11-7/h1-2,4H,3H2. The van der Waals surface area contributed by atoms with E-state index in [1.807, 2.05) is 0 Å². The van der Waals surface area contributed by atoms with Gasteiger partial charge in [-0.25, -0.2) is 9.18 Å². The monoisotopic (exact) mass is 180 g/mol. The van der Waals surface area contributed by atoms with Crippen LogP contribution in [0.15, 0.2) is 23.5 Å². The zero-order valence-electron chi connectivity index (χ0n) is 6.53. The van der Waals surface area contributed by atoms with Crippen molar-refractivity contribution in [3.63, 3.8) is 0 Å². The summed E-state index contributed by atoms with van der Waals surface area (Å²) < 4.78 is 12.4. The predicted octanol–water partition coefficient (Wildman–Crippen LogP) is 0.872. The molecule has 2 rings (SSSR count). The first-order chi connectivity index (χ1) is 6.25. The van der Waals surface area contributed by atoms with Crippen LogP contribution in [-0.4, -0.2) is 16.7 Å². The van der Waals surface area contributed by atoms with E-state index >= 15 is 0 Å². The summed E-state index contributed by atoms with van der Waals surface area (Å²) in [5.74, 6) is -0.837. The summed E-state index contributed by atoms with van der Waals surface area (Å²) in [6.45, 7) is 0. The van der Waals surface area contributed by atoms with Crippen molar-refractivity contribution in [3.8, 4) is 0 Å². The fraction of sp³-hybridized carbons (Fsp3) is 0.125. The Morgan fingerprint density at radius 3 is 2.85 bits per heavy atom. The summed E-state index contributed by atoms with van der Waals surface area (Å²) in [7, 11) is 0. The van der Waals surface area contributed by atoms with Gasteiger partial charge in [-0.15, -0.1) is 0 Å². The van der Waals surface area contributed by atoms with Gasteiger partial charge in [0.15, 0.2) is 0 Å². The molecule has 0 saturated carbocycles. The fourth-order valence-corrected chi connectivity index (χ4v) is 0.991. The molecule has 1 aliphatic heterocycles. The second-order valence-electron chi connectivity index (χ2n) is 2.54. The van der Waals surface area contributed by atoms with E-state index in [-0.39, 0.29) is 6.42 Å². The topological polar surface area (TPSA) is 51.5 Å². The van der Waals surface area contributed by atoms with Gasteiger partial charge in [-0.05, 0) is 12.1 Å². The fourth-order valence-electron chi connectivity index (χ4n) is 0.991. The zero-order valence-corrected chi connectivity index (χ0v) is 6.53. The van der Waals surface area contributed by atoms with E-state index in [1.54, 1.807) is 0 Å². The molecular formula is C8H5FN2O2. The molecule has 2 heterocycles. The molecule has 13 heavy (non-hydrogen) atoms. The summed E-state index contributed by atoms with van der Waals surface area (Å²) in [5.41, 5.74) is 0.900.